The van der Waals surface area contributed by atoms with Gasteiger partial charge in [-0.2, -0.15) is 0 Å². The summed E-state index contributed by atoms with van der Waals surface area (Å²) in [6.45, 7) is 1.87. The number of carboxylic acids is 1. The first-order valence-corrected chi connectivity index (χ1v) is 15.9. The van der Waals surface area contributed by atoms with Crippen molar-refractivity contribution in [1.82, 2.24) is 5.32 Å². The molecule has 1 heterocycles. The van der Waals surface area contributed by atoms with Crippen LogP contribution in [0.1, 0.15) is 80.1 Å². The molecule has 3 aromatic carbocycles. The van der Waals surface area contributed by atoms with E-state index in [0.717, 1.165) is 32.8 Å². The van der Waals surface area contributed by atoms with Crippen molar-refractivity contribution in [2.45, 2.75) is 82.0 Å². The van der Waals surface area contributed by atoms with Gasteiger partial charge in [0.15, 0.2) is 6.29 Å². The molecule has 3 unspecified atom stereocenters. The normalized spacial score (nSPS) is 18.0. The van der Waals surface area contributed by atoms with E-state index < -0.39 is 12.3 Å². The molecule has 9 nitrogen and oxygen atoms in total. The predicted octanol–water partition coefficient (Wildman–Crippen LogP) is 6.13. The molecule has 3 aromatic rings. The largest absolute Gasteiger partial charge is 0.481 e. The zero-order valence-corrected chi connectivity index (χ0v) is 25.7. The SMILES string of the molecule is CC(=O)Nc1ccc(SCC2CC(c3ccc(CO)cc3)OC(c3ccc(CNC(=O)CCCCCC(=O)O)cc3)O2)cc1. The van der Waals surface area contributed by atoms with Gasteiger partial charge in [0.25, 0.3) is 0 Å². The van der Waals surface area contributed by atoms with Gasteiger partial charge in [0.2, 0.25) is 11.8 Å². The number of hydrogen-bond acceptors (Lipinski definition) is 7. The van der Waals surface area contributed by atoms with Gasteiger partial charge in [-0.05, 0) is 53.8 Å². The molecule has 1 aliphatic heterocycles. The molecular weight excluding hydrogens is 580 g/mol. The molecule has 0 saturated carbocycles. The van der Waals surface area contributed by atoms with E-state index in [1.807, 2.05) is 72.8 Å². The molecule has 44 heavy (non-hydrogen) atoms. The summed E-state index contributed by atoms with van der Waals surface area (Å²) in [5.74, 6) is -0.256. The van der Waals surface area contributed by atoms with Gasteiger partial charge in [-0.15, -0.1) is 11.8 Å². The zero-order valence-electron chi connectivity index (χ0n) is 24.9. The van der Waals surface area contributed by atoms with Gasteiger partial charge in [-0.3, -0.25) is 14.4 Å². The Morgan fingerprint density at radius 1 is 0.841 bits per heavy atom. The van der Waals surface area contributed by atoms with Crippen LogP contribution in [0, 0.1) is 0 Å². The van der Waals surface area contributed by atoms with Crippen LogP contribution in [0.15, 0.2) is 77.7 Å². The molecule has 0 spiro atoms. The lowest BCUT2D eigenvalue weighted by molar-refractivity contribution is -0.245. The fourth-order valence-corrected chi connectivity index (χ4v) is 5.79. The number of rotatable bonds is 15. The van der Waals surface area contributed by atoms with Crippen molar-refractivity contribution in [2.24, 2.45) is 0 Å². The zero-order chi connectivity index (χ0) is 31.3. The topological polar surface area (TPSA) is 134 Å². The van der Waals surface area contributed by atoms with Gasteiger partial charge in [0.1, 0.15) is 0 Å². The maximum absolute atomic E-state index is 12.2. The summed E-state index contributed by atoms with van der Waals surface area (Å²) in [7, 11) is 0. The fraction of sp³-hybridized carbons (Fsp3) is 0.382. The Bertz CT molecular complexity index is 1360. The number of ether oxygens (including phenoxy) is 2. The number of carbonyl (C=O) groups is 3. The number of amides is 2. The first-order chi connectivity index (χ1) is 21.3. The van der Waals surface area contributed by atoms with E-state index in [-0.39, 0.29) is 37.0 Å². The second-order valence-corrected chi connectivity index (χ2v) is 11.9. The third-order valence-electron chi connectivity index (χ3n) is 7.26. The lowest BCUT2D eigenvalue weighted by atomic mass is 10.0. The second-order valence-electron chi connectivity index (χ2n) is 10.8. The lowest BCUT2D eigenvalue weighted by Gasteiger charge is -2.36. The van der Waals surface area contributed by atoms with Gasteiger partial charge in [-0.1, -0.05) is 55.0 Å². The van der Waals surface area contributed by atoms with E-state index >= 15 is 0 Å². The van der Waals surface area contributed by atoms with Crippen molar-refractivity contribution < 1.29 is 34.1 Å². The maximum atomic E-state index is 12.2. The Labute approximate surface area is 262 Å². The van der Waals surface area contributed by atoms with Gasteiger partial charge < -0.3 is 30.3 Å². The summed E-state index contributed by atoms with van der Waals surface area (Å²) in [5, 5.41) is 23.9. The second kappa shape index (κ2) is 17.0. The number of aliphatic carboxylic acids is 1. The molecule has 1 aliphatic rings. The number of nitrogens with one attached hydrogen (secondary N) is 2. The molecule has 0 radical (unpaired) electrons. The third kappa shape index (κ3) is 10.8. The predicted molar refractivity (Wildman–Crippen MR) is 169 cm³/mol. The number of unbranched alkanes of at least 4 members (excludes halogenated alkanes) is 2. The number of carboxylic acid groups (broad SMARTS) is 1. The molecule has 0 bridgehead atoms. The van der Waals surface area contributed by atoms with Crippen LogP contribution >= 0.6 is 11.8 Å². The van der Waals surface area contributed by atoms with Crippen LogP contribution in [0.25, 0.3) is 0 Å². The van der Waals surface area contributed by atoms with Crippen molar-refractivity contribution in [1.29, 1.82) is 0 Å². The van der Waals surface area contributed by atoms with Crippen LogP contribution in [0.4, 0.5) is 5.69 Å². The highest BCUT2D eigenvalue weighted by atomic mass is 32.2. The molecule has 4 rings (SSSR count). The van der Waals surface area contributed by atoms with E-state index in [4.69, 9.17) is 14.6 Å². The van der Waals surface area contributed by atoms with Gasteiger partial charge >= 0.3 is 5.97 Å². The van der Waals surface area contributed by atoms with Crippen LogP contribution in [0.2, 0.25) is 0 Å². The van der Waals surface area contributed by atoms with Crippen LogP contribution in [0.5, 0.6) is 0 Å². The maximum Gasteiger partial charge on any atom is 0.303 e. The Morgan fingerprint density at radius 2 is 1.50 bits per heavy atom. The van der Waals surface area contributed by atoms with Gasteiger partial charge in [0, 0.05) is 54.6 Å². The van der Waals surface area contributed by atoms with Crippen molar-refractivity contribution in [3.8, 4) is 0 Å². The van der Waals surface area contributed by atoms with Crippen LogP contribution in [-0.2, 0) is 37.0 Å². The van der Waals surface area contributed by atoms with Crippen LogP contribution < -0.4 is 10.6 Å². The molecule has 2 amide bonds. The minimum atomic E-state index is -0.810. The summed E-state index contributed by atoms with van der Waals surface area (Å²) in [6, 6.07) is 23.3. The number of aliphatic hydroxyl groups is 1. The Morgan fingerprint density at radius 3 is 2.16 bits per heavy atom. The van der Waals surface area contributed by atoms with Gasteiger partial charge in [-0.25, -0.2) is 0 Å². The number of thioether (sulfide) groups is 1. The molecule has 0 aromatic heterocycles. The summed E-state index contributed by atoms with van der Waals surface area (Å²) in [5.41, 5.74) is 4.45. The Balaban J connectivity index is 1.36. The fourth-order valence-electron chi connectivity index (χ4n) is 4.87. The van der Waals surface area contributed by atoms with Crippen molar-refractivity contribution in [2.75, 3.05) is 11.1 Å². The number of aliphatic hydroxyl groups excluding tert-OH is 1. The highest BCUT2D eigenvalue weighted by molar-refractivity contribution is 7.99. The number of benzene rings is 3. The third-order valence-corrected chi connectivity index (χ3v) is 8.41. The molecule has 3 atom stereocenters. The van der Waals surface area contributed by atoms with Crippen LogP contribution in [0.3, 0.4) is 0 Å². The first kappa shape index (κ1) is 33.2. The minimum absolute atomic E-state index is 0.0167. The quantitative estimate of drug-likeness (QED) is 0.118. The van der Waals surface area contributed by atoms with Crippen molar-refractivity contribution in [3.05, 3.63) is 95.1 Å². The summed E-state index contributed by atoms with van der Waals surface area (Å²) < 4.78 is 12.9. The lowest BCUT2D eigenvalue weighted by Crippen LogP contribution is -2.31. The molecule has 1 fully saturated rings. The van der Waals surface area contributed by atoms with E-state index in [2.05, 4.69) is 10.6 Å². The molecule has 1 saturated heterocycles. The molecule has 0 aliphatic carbocycles. The summed E-state index contributed by atoms with van der Waals surface area (Å²) in [6.07, 6.45) is 2.29. The monoisotopic (exact) mass is 620 g/mol. The molecule has 10 heteroatoms. The molecule has 234 valence electrons. The highest BCUT2D eigenvalue weighted by Crippen LogP contribution is 2.39. The molecular formula is C34H40N2O7S. The summed E-state index contributed by atoms with van der Waals surface area (Å²) in [4.78, 5) is 35.2. The van der Waals surface area contributed by atoms with E-state index in [1.54, 1.807) is 11.8 Å². The number of anilines is 1. The summed E-state index contributed by atoms with van der Waals surface area (Å²) >= 11 is 1.68. The first-order valence-electron chi connectivity index (χ1n) is 14.9. The van der Waals surface area contributed by atoms with Crippen LogP contribution in [-0.4, -0.2) is 39.9 Å². The molecule has 4 N–H and O–H groups in total. The van der Waals surface area contributed by atoms with Crippen molar-refractivity contribution in [3.63, 3.8) is 0 Å². The van der Waals surface area contributed by atoms with E-state index in [0.29, 0.717) is 44.4 Å². The van der Waals surface area contributed by atoms with E-state index in [1.165, 1.54) is 6.92 Å². The number of hydrogen-bond donors (Lipinski definition) is 4. The average Bonchev–Trinajstić information content (AvgIpc) is 3.03. The highest BCUT2D eigenvalue weighted by Gasteiger charge is 2.32. The van der Waals surface area contributed by atoms with Crippen molar-refractivity contribution >= 4 is 35.2 Å². The minimum Gasteiger partial charge on any atom is -0.481 e. The average molecular weight is 621 g/mol. The Hall–Kier alpha value is -3.70. The Kier molecular flexibility index (Phi) is 12.8. The number of carbonyl (C=O) groups excluding carboxylic acids is 2. The van der Waals surface area contributed by atoms with Gasteiger partial charge in [0.05, 0.1) is 18.8 Å². The van der Waals surface area contributed by atoms with E-state index in [9.17, 15) is 19.5 Å². The smallest absolute Gasteiger partial charge is 0.303 e. The standard InChI is InChI=1S/C34H40N2O7S/c1-23(38)36-28-15-17-30(18-16-28)44-22-29-19-31(26-11-9-25(21-37)10-12-26)43-34(42-29)27-13-7-24(8-14-27)20-35-32(39)5-3-2-4-6-33(40)41/h7-18,29,31,34,37H,2-6,19-22H2,1H3,(H,35,39)(H,36,38)(H,40,41).